The van der Waals surface area contributed by atoms with Gasteiger partial charge in [-0.15, -0.1) is 11.3 Å². The first-order valence-electron chi connectivity index (χ1n) is 11.4. The van der Waals surface area contributed by atoms with E-state index in [-0.39, 0.29) is 42.3 Å². The van der Waals surface area contributed by atoms with Crippen molar-refractivity contribution in [2.24, 2.45) is 5.92 Å². The number of benzene rings is 1. The Kier molecular flexibility index (Phi) is 7.34. The monoisotopic (exact) mass is 470 g/mol. The lowest BCUT2D eigenvalue weighted by molar-refractivity contribution is 0.0984. The summed E-state index contributed by atoms with van der Waals surface area (Å²) in [6.07, 6.45) is 2.32. The number of hydrogen-bond donors (Lipinski definition) is 4. The molecule has 6 nitrogen and oxygen atoms in total. The summed E-state index contributed by atoms with van der Waals surface area (Å²) in [5.41, 5.74) is 1.60. The SMILES string of the molecule is CC[C@H](Cc1cccc(CO)c1)c1cc(O)c(C(c2ccc([C@@H](O)CO)s2)C2CC2)c(=O)o1. The van der Waals surface area contributed by atoms with Gasteiger partial charge in [0, 0.05) is 27.7 Å². The highest BCUT2D eigenvalue weighted by molar-refractivity contribution is 7.12. The molecule has 1 aliphatic rings. The first-order valence-corrected chi connectivity index (χ1v) is 12.2. The van der Waals surface area contributed by atoms with Crippen LogP contribution in [-0.4, -0.2) is 27.0 Å². The van der Waals surface area contributed by atoms with Gasteiger partial charge < -0.3 is 24.8 Å². The van der Waals surface area contributed by atoms with Crippen LogP contribution in [0.25, 0.3) is 0 Å². The van der Waals surface area contributed by atoms with E-state index in [9.17, 15) is 25.2 Å². The second-order valence-electron chi connectivity index (χ2n) is 8.78. The topological polar surface area (TPSA) is 111 Å². The minimum absolute atomic E-state index is 0.0302. The molecule has 1 fully saturated rings. The molecule has 33 heavy (non-hydrogen) atoms. The third-order valence-corrected chi connectivity index (χ3v) is 7.67. The molecule has 176 valence electrons. The lowest BCUT2D eigenvalue weighted by atomic mass is 9.90. The van der Waals surface area contributed by atoms with Gasteiger partial charge in [-0.05, 0) is 54.9 Å². The van der Waals surface area contributed by atoms with Crippen molar-refractivity contribution in [3.63, 3.8) is 0 Å². The fourth-order valence-corrected chi connectivity index (χ4v) is 5.62. The number of aromatic hydroxyl groups is 1. The van der Waals surface area contributed by atoms with E-state index in [4.69, 9.17) is 4.42 Å². The maximum atomic E-state index is 13.1. The molecule has 0 amide bonds. The van der Waals surface area contributed by atoms with E-state index < -0.39 is 11.7 Å². The maximum absolute atomic E-state index is 13.1. The fraction of sp³-hybridized carbons (Fsp3) is 0.423. The van der Waals surface area contributed by atoms with Gasteiger partial charge in [-0.25, -0.2) is 4.79 Å². The number of thiophene rings is 1. The third-order valence-electron chi connectivity index (χ3n) is 6.40. The molecule has 1 unspecified atom stereocenters. The van der Waals surface area contributed by atoms with Gasteiger partial charge in [-0.3, -0.25) is 0 Å². The fourth-order valence-electron chi connectivity index (χ4n) is 4.43. The summed E-state index contributed by atoms with van der Waals surface area (Å²) in [4.78, 5) is 14.6. The Labute approximate surface area is 196 Å². The summed E-state index contributed by atoms with van der Waals surface area (Å²) in [6, 6.07) is 12.9. The highest BCUT2D eigenvalue weighted by atomic mass is 32.1. The molecule has 0 bridgehead atoms. The van der Waals surface area contributed by atoms with Crippen LogP contribution in [0.1, 0.15) is 76.3 Å². The van der Waals surface area contributed by atoms with Gasteiger partial charge in [-0.1, -0.05) is 31.2 Å². The molecule has 1 aromatic carbocycles. The van der Waals surface area contributed by atoms with Crippen molar-refractivity contribution in [1.29, 1.82) is 0 Å². The number of hydrogen-bond acceptors (Lipinski definition) is 7. The van der Waals surface area contributed by atoms with E-state index in [1.807, 2.05) is 37.3 Å². The molecule has 4 rings (SSSR count). The van der Waals surface area contributed by atoms with Crippen molar-refractivity contribution in [1.82, 2.24) is 0 Å². The molecule has 4 N–H and O–H groups in total. The maximum Gasteiger partial charge on any atom is 0.343 e. The molecule has 2 aromatic heterocycles. The average molecular weight is 471 g/mol. The Hall–Kier alpha value is -2.45. The van der Waals surface area contributed by atoms with Crippen molar-refractivity contribution < 1.29 is 24.8 Å². The largest absolute Gasteiger partial charge is 0.507 e. The summed E-state index contributed by atoms with van der Waals surface area (Å²) in [7, 11) is 0. The Morgan fingerprint density at radius 2 is 1.82 bits per heavy atom. The van der Waals surface area contributed by atoms with Crippen LogP contribution >= 0.6 is 11.3 Å². The highest BCUT2D eigenvalue weighted by Gasteiger charge is 2.38. The lowest BCUT2D eigenvalue weighted by Gasteiger charge is -2.19. The van der Waals surface area contributed by atoms with Crippen LogP contribution in [0.2, 0.25) is 0 Å². The van der Waals surface area contributed by atoms with Crippen LogP contribution in [0, 0.1) is 5.92 Å². The summed E-state index contributed by atoms with van der Waals surface area (Å²) < 4.78 is 5.78. The second-order valence-corrected chi connectivity index (χ2v) is 9.92. The van der Waals surface area contributed by atoms with Gasteiger partial charge in [0.1, 0.15) is 17.6 Å². The van der Waals surface area contributed by atoms with Crippen LogP contribution in [0.4, 0.5) is 0 Å². The molecular formula is C26H30O6S. The summed E-state index contributed by atoms with van der Waals surface area (Å²) in [6.45, 7) is 1.62. The Morgan fingerprint density at radius 1 is 1.09 bits per heavy atom. The predicted molar refractivity (Wildman–Crippen MR) is 127 cm³/mol. The Bertz CT molecular complexity index is 1150. The minimum Gasteiger partial charge on any atom is -0.507 e. The van der Waals surface area contributed by atoms with Crippen LogP contribution in [-0.2, 0) is 13.0 Å². The van der Waals surface area contributed by atoms with Gasteiger partial charge in [0.2, 0.25) is 0 Å². The molecule has 7 heteroatoms. The van der Waals surface area contributed by atoms with E-state index >= 15 is 0 Å². The molecule has 0 radical (unpaired) electrons. The lowest BCUT2D eigenvalue weighted by Crippen LogP contribution is -2.17. The molecule has 0 aliphatic heterocycles. The van der Waals surface area contributed by atoms with Crippen molar-refractivity contribution in [2.75, 3.05) is 6.61 Å². The number of aliphatic hydroxyl groups excluding tert-OH is 3. The van der Waals surface area contributed by atoms with Crippen LogP contribution < -0.4 is 5.63 Å². The molecular weight excluding hydrogens is 440 g/mol. The summed E-state index contributed by atoms with van der Waals surface area (Å²) >= 11 is 1.35. The van der Waals surface area contributed by atoms with Gasteiger partial charge >= 0.3 is 5.63 Å². The summed E-state index contributed by atoms with van der Waals surface area (Å²) in [5, 5.41) is 39.6. The Balaban J connectivity index is 1.65. The molecule has 0 saturated heterocycles. The predicted octanol–water partition coefficient (Wildman–Crippen LogP) is 4.20. The van der Waals surface area contributed by atoms with Crippen molar-refractivity contribution in [3.8, 4) is 5.75 Å². The molecule has 3 atom stereocenters. The van der Waals surface area contributed by atoms with Gasteiger partial charge in [-0.2, -0.15) is 0 Å². The first-order chi connectivity index (χ1) is 15.9. The van der Waals surface area contributed by atoms with E-state index in [2.05, 4.69) is 0 Å². The number of rotatable bonds is 10. The van der Waals surface area contributed by atoms with Crippen molar-refractivity contribution >= 4 is 11.3 Å². The van der Waals surface area contributed by atoms with Crippen LogP contribution in [0.15, 0.2) is 51.7 Å². The Morgan fingerprint density at radius 3 is 2.45 bits per heavy atom. The zero-order chi connectivity index (χ0) is 23.5. The number of aliphatic hydroxyl groups is 3. The molecule has 2 heterocycles. The smallest absolute Gasteiger partial charge is 0.343 e. The van der Waals surface area contributed by atoms with Gasteiger partial charge in [0.25, 0.3) is 0 Å². The minimum atomic E-state index is -0.953. The van der Waals surface area contributed by atoms with E-state index in [1.54, 1.807) is 12.1 Å². The normalized spacial score (nSPS) is 16.5. The van der Waals surface area contributed by atoms with Crippen LogP contribution in [0.3, 0.4) is 0 Å². The third kappa shape index (κ3) is 5.22. The van der Waals surface area contributed by atoms with Crippen LogP contribution in [0.5, 0.6) is 5.75 Å². The van der Waals surface area contributed by atoms with Crippen molar-refractivity contribution in [2.45, 2.75) is 57.2 Å². The van der Waals surface area contributed by atoms with E-state index in [0.717, 1.165) is 35.3 Å². The highest BCUT2D eigenvalue weighted by Crippen LogP contribution is 2.49. The standard InChI is InChI=1S/C26H30O6S/c1-2-17(11-15-4-3-5-16(10-15)13-27)21-12-19(29)25(26(31)32-21)24(18-6-7-18)23-9-8-22(33-23)20(30)14-28/h3-5,8-10,12,17-18,20,24,27-30H,2,6-7,11,13-14H2,1H3/t17-,20+,24?/m1/s1. The van der Waals surface area contributed by atoms with Gasteiger partial charge in [0.15, 0.2) is 0 Å². The molecule has 1 saturated carbocycles. The molecule has 1 aliphatic carbocycles. The quantitative estimate of drug-likeness (QED) is 0.353. The average Bonchev–Trinajstić information content (AvgIpc) is 3.54. The second kappa shape index (κ2) is 10.2. The van der Waals surface area contributed by atoms with E-state index in [0.29, 0.717) is 17.1 Å². The molecule has 0 spiro atoms. The zero-order valence-electron chi connectivity index (χ0n) is 18.6. The molecule has 3 aromatic rings. The first kappa shape index (κ1) is 23.7. The zero-order valence-corrected chi connectivity index (χ0v) is 19.4. The van der Waals surface area contributed by atoms with Crippen molar-refractivity contribution in [3.05, 3.63) is 85.1 Å². The van der Waals surface area contributed by atoms with E-state index in [1.165, 1.54) is 11.3 Å². The summed E-state index contributed by atoms with van der Waals surface area (Å²) in [5.74, 6) is 0.263. The van der Waals surface area contributed by atoms with Gasteiger partial charge in [0.05, 0.1) is 18.8 Å².